The number of hydrogen-bond donors (Lipinski definition) is 2. The molecule has 1 aliphatic rings. The minimum atomic E-state index is -0.662. The van der Waals surface area contributed by atoms with Gasteiger partial charge in [0.1, 0.15) is 0 Å². The van der Waals surface area contributed by atoms with Gasteiger partial charge in [0.15, 0.2) is 5.76 Å². The van der Waals surface area contributed by atoms with E-state index < -0.39 is 5.41 Å². The van der Waals surface area contributed by atoms with E-state index in [2.05, 4.69) is 15.8 Å². The van der Waals surface area contributed by atoms with Gasteiger partial charge >= 0.3 is 0 Å². The van der Waals surface area contributed by atoms with E-state index in [1.54, 1.807) is 48.7 Å². The summed E-state index contributed by atoms with van der Waals surface area (Å²) < 4.78 is 10.6. The molecule has 7 nitrogen and oxygen atoms in total. The third-order valence-corrected chi connectivity index (χ3v) is 4.41. The summed E-state index contributed by atoms with van der Waals surface area (Å²) in [5, 5.41) is 9.67. The van der Waals surface area contributed by atoms with Crippen LogP contribution in [0, 0.1) is 0 Å². The van der Waals surface area contributed by atoms with Crippen LogP contribution in [-0.4, -0.2) is 17.0 Å². The highest BCUT2D eigenvalue weighted by Gasteiger charge is 2.54. The van der Waals surface area contributed by atoms with Crippen molar-refractivity contribution in [2.24, 2.45) is 0 Å². The molecule has 1 aliphatic carbocycles. The SMILES string of the molecule is CC(=O)Nc1ccc(NC(=O)C2(c3cc(-c4ccco4)on3)CC2)cc1. The molecule has 2 N–H and O–H groups in total. The van der Waals surface area contributed by atoms with Crippen molar-refractivity contribution in [2.45, 2.75) is 25.2 Å². The maximum atomic E-state index is 12.8. The number of anilines is 2. The summed E-state index contributed by atoms with van der Waals surface area (Å²) in [5.74, 6) is 0.818. The van der Waals surface area contributed by atoms with E-state index >= 15 is 0 Å². The summed E-state index contributed by atoms with van der Waals surface area (Å²) in [6.07, 6.45) is 2.99. The summed E-state index contributed by atoms with van der Waals surface area (Å²) in [6.45, 7) is 1.45. The van der Waals surface area contributed by atoms with Gasteiger partial charge in [0.2, 0.25) is 17.6 Å². The molecule has 0 saturated heterocycles. The lowest BCUT2D eigenvalue weighted by Crippen LogP contribution is -2.28. The number of amides is 2. The Hall–Kier alpha value is -3.35. The summed E-state index contributed by atoms with van der Waals surface area (Å²) in [6, 6.07) is 12.3. The molecule has 1 fully saturated rings. The Morgan fingerprint density at radius 1 is 1.04 bits per heavy atom. The number of carbonyl (C=O) groups is 2. The topological polar surface area (TPSA) is 97.4 Å². The molecule has 0 atom stereocenters. The number of nitrogens with zero attached hydrogens (tertiary/aromatic N) is 1. The predicted molar refractivity (Wildman–Crippen MR) is 94.5 cm³/mol. The molecule has 2 heterocycles. The van der Waals surface area contributed by atoms with Crippen LogP contribution in [0.15, 0.2) is 57.7 Å². The Kier molecular flexibility index (Phi) is 3.84. The second kappa shape index (κ2) is 6.18. The minimum absolute atomic E-state index is 0.121. The molecule has 2 aromatic heterocycles. The fraction of sp³-hybridized carbons (Fsp3) is 0.211. The van der Waals surface area contributed by atoms with E-state index in [9.17, 15) is 9.59 Å². The molecule has 132 valence electrons. The van der Waals surface area contributed by atoms with Gasteiger partial charge in [-0.15, -0.1) is 0 Å². The minimum Gasteiger partial charge on any atom is -0.461 e. The van der Waals surface area contributed by atoms with Crippen LogP contribution in [0.25, 0.3) is 11.5 Å². The molecule has 1 aromatic carbocycles. The summed E-state index contributed by atoms with van der Waals surface area (Å²) in [4.78, 5) is 23.8. The van der Waals surface area contributed by atoms with Crippen LogP contribution in [0.3, 0.4) is 0 Å². The van der Waals surface area contributed by atoms with E-state index in [0.717, 1.165) is 0 Å². The van der Waals surface area contributed by atoms with Crippen LogP contribution in [0.5, 0.6) is 0 Å². The number of furan rings is 1. The third-order valence-electron chi connectivity index (χ3n) is 4.41. The lowest BCUT2D eigenvalue weighted by molar-refractivity contribution is -0.118. The van der Waals surface area contributed by atoms with Crippen molar-refractivity contribution >= 4 is 23.2 Å². The number of aromatic nitrogens is 1. The van der Waals surface area contributed by atoms with Crippen molar-refractivity contribution in [3.8, 4) is 11.5 Å². The highest BCUT2D eigenvalue weighted by molar-refractivity contribution is 6.01. The molecule has 0 bridgehead atoms. The summed E-state index contributed by atoms with van der Waals surface area (Å²) >= 11 is 0. The quantitative estimate of drug-likeness (QED) is 0.732. The van der Waals surface area contributed by atoms with E-state index in [1.165, 1.54) is 6.92 Å². The highest BCUT2D eigenvalue weighted by atomic mass is 16.5. The predicted octanol–water partition coefficient (Wildman–Crippen LogP) is 3.56. The van der Waals surface area contributed by atoms with Crippen molar-refractivity contribution in [3.05, 3.63) is 54.4 Å². The summed E-state index contributed by atoms with van der Waals surface area (Å²) in [7, 11) is 0. The molecule has 0 unspecified atom stereocenters. The average molecular weight is 351 g/mol. The van der Waals surface area contributed by atoms with Crippen LogP contribution in [0.1, 0.15) is 25.5 Å². The molecule has 0 spiro atoms. The Balaban J connectivity index is 1.48. The van der Waals surface area contributed by atoms with E-state index in [4.69, 9.17) is 8.94 Å². The fourth-order valence-electron chi connectivity index (χ4n) is 2.85. The van der Waals surface area contributed by atoms with E-state index in [0.29, 0.717) is 41.4 Å². The Bertz CT molecular complexity index is 938. The van der Waals surface area contributed by atoms with Crippen molar-refractivity contribution in [1.29, 1.82) is 0 Å². The van der Waals surface area contributed by atoms with Gasteiger partial charge in [-0.05, 0) is 49.2 Å². The molecule has 1 saturated carbocycles. The number of carbonyl (C=O) groups excluding carboxylic acids is 2. The van der Waals surface area contributed by atoms with Gasteiger partial charge in [-0.3, -0.25) is 9.59 Å². The molecule has 4 rings (SSSR count). The molecular weight excluding hydrogens is 334 g/mol. The first kappa shape index (κ1) is 16.1. The van der Waals surface area contributed by atoms with Gasteiger partial charge in [0, 0.05) is 24.4 Å². The first-order chi connectivity index (χ1) is 12.6. The molecule has 0 aliphatic heterocycles. The van der Waals surface area contributed by atoms with Crippen molar-refractivity contribution in [2.75, 3.05) is 10.6 Å². The van der Waals surface area contributed by atoms with Crippen molar-refractivity contribution in [1.82, 2.24) is 5.16 Å². The third kappa shape index (κ3) is 2.99. The van der Waals surface area contributed by atoms with Gasteiger partial charge in [0.25, 0.3) is 0 Å². The standard InChI is InChI=1S/C19H17N3O4/c1-12(23)20-13-4-6-14(7-5-13)21-18(24)19(8-9-19)17-11-16(26-22-17)15-3-2-10-25-15/h2-7,10-11H,8-9H2,1H3,(H,20,23)(H,21,24). The number of nitrogens with one attached hydrogen (secondary N) is 2. The Morgan fingerprint density at radius 2 is 1.73 bits per heavy atom. The van der Waals surface area contributed by atoms with Crippen LogP contribution in [-0.2, 0) is 15.0 Å². The molecule has 26 heavy (non-hydrogen) atoms. The van der Waals surface area contributed by atoms with Gasteiger partial charge in [-0.25, -0.2) is 0 Å². The average Bonchev–Trinajstić information content (AvgIpc) is 3.04. The maximum absolute atomic E-state index is 12.8. The highest BCUT2D eigenvalue weighted by Crippen LogP contribution is 2.49. The molecule has 3 aromatic rings. The smallest absolute Gasteiger partial charge is 0.236 e. The second-order valence-corrected chi connectivity index (χ2v) is 6.35. The second-order valence-electron chi connectivity index (χ2n) is 6.35. The zero-order chi connectivity index (χ0) is 18.1. The Labute approximate surface area is 149 Å². The largest absolute Gasteiger partial charge is 0.461 e. The van der Waals surface area contributed by atoms with Gasteiger partial charge < -0.3 is 19.6 Å². The Morgan fingerprint density at radius 3 is 2.31 bits per heavy atom. The molecule has 2 amide bonds. The lowest BCUT2D eigenvalue weighted by Gasteiger charge is -2.13. The monoisotopic (exact) mass is 351 g/mol. The number of hydrogen-bond acceptors (Lipinski definition) is 5. The van der Waals surface area contributed by atoms with E-state index in [-0.39, 0.29) is 11.8 Å². The first-order valence-electron chi connectivity index (χ1n) is 8.27. The van der Waals surface area contributed by atoms with E-state index in [1.807, 2.05) is 0 Å². The summed E-state index contributed by atoms with van der Waals surface area (Å²) in [5.41, 5.74) is 1.28. The van der Waals surface area contributed by atoms with Gasteiger partial charge in [-0.2, -0.15) is 0 Å². The molecule has 0 radical (unpaired) electrons. The van der Waals surface area contributed by atoms with Crippen LogP contribution < -0.4 is 10.6 Å². The van der Waals surface area contributed by atoms with Crippen molar-refractivity contribution in [3.63, 3.8) is 0 Å². The van der Waals surface area contributed by atoms with Crippen LogP contribution in [0.2, 0.25) is 0 Å². The number of rotatable bonds is 5. The van der Waals surface area contributed by atoms with Crippen LogP contribution in [0.4, 0.5) is 11.4 Å². The van der Waals surface area contributed by atoms with Crippen LogP contribution >= 0.6 is 0 Å². The van der Waals surface area contributed by atoms with Crippen molar-refractivity contribution < 1.29 is 18.5 Å². The van der Waals surface area contributed by atoms with Gasteiger partial charge in [0.05, 0.1) is 17.4 Å². The number of benzene rings is 1. The molecular formula is C19H17N3O4. The lowest BCUT2D eigenvalue weighted by atomic mass is 10.0. The molecule has 7 heteroatoms. The normalized spacial score (nSPS) is 14.7. The zero-order valence-corrected chi connectivity index (χ0v) is 14.1. The fourth-order valence-corrected chi connectivity index (χ4v) is 2.85. The first-order valence-corrected chi connectivity index (χ1v) is 8.27. The van der Waals surface area contributed by atoms with Gasteiger partial charge in [-0.1, -0.05) is 5.16 Å². The maximum Gasteiger partial charge on any atom is 0.236 e. The zero-order valence-electron chi connectivity index (χ0n) is 14.1.